The molecule has 0 aliphatic heterocycles. The van der Waals surface area contributed by atoms with E-state index in [0.717, 1.165) is 0 Å². The van der Waals surface area contributed by atoms with Crippen LogP contribution in [0.5, 0.6) is 0 Å². The molecule has 0 heterocycles. The molecule has 0 spiro atoms. The molecule has 9 heavy (non-hydrogen) atoms. The van der Waals surface area contributed by atoms with Gasteiger partial charge >= 0.3 is 0 Å². The maximum atomic E-state index is 9.44. The number of hydrogen-bond acceptors (Lipinski definition) is 2. The first-order chi connectivity index (χ1) is 3.46. The smallest absolute Gasteiger partial charge is 0.126 e. The first kappa shape index (κ1) is 16.0. The van der Waals surface area contributed by atoms with Crippen LogP contribution in [-0.2, 0) is 32.0 Å². The number of hydrogen-bond donors (Lipinski definition) is 0. The molecular weight excluding hydrogens is 212 g/mol. The summed E-state index contributed by atoms with van der Waals surface area (Å²) in [5.41, 5.74) is 0. The Hall–Kier alpha value is 0.0803. The minimum absolute atomic E-state index is 0. The largest absolute Gasteiger partial charge is 0.300 e. The van der Waals surface area contributed by atoms with Gasteiger partial charge in [0.1, 0.15) is 11.6 Å². The van der Waals surface area contributed by atoms with Crippen LogP contribution >= 0.6 is 0 Å². The summed E-state index contributed by atoms with van der Waals surface area (Å²) in [4.78, 5) is 18.9. The second kappa shape index (κ2) is 11.0. The molecule has 0 bridgehead atoms. The summed E-state index contributed by atoms with van der Waals surface area (Å²) in [6.45, 7) is 6.11. The Morgan fingerprint density at radius 3 is 0.778 bits per heavy atom. The third-order valence-corrected chi connectivity index (χ3v) is 0. The molecule has 0 N–H and O–H groups in total. The van der Waals surface area contributed by atoms with Gasteiger partial charge in [0.2, 0.25) is 0 Å². The van der Waals surface area contributed by atoms with E-state index in [1.165, 1.54) is 27.7 Å². The Balaban J connectivity index is -0.0000000720. The number of carbonyl (C=O) groups excluding carboxylic acids is 2. The zero-order valence-corrected chi connectivity index (χ0v) is 7.60. The van der Waals surface area contributed by atoms with Crippen molar-refractivity contribution in [3.63, 3.8) is 0 Å². The van der Waals surface area contributed by atoms with Crippen LogP contribution in [0.2, 0.25) is 0 Å². The predicted octanol–water partition coefficient (Wildman–Crippen LogP) is 1.19. The molecule has 0 rings (SSSR count). The van der Waals surface area contributed by atoms with Crippen LogP contribution in [0.15, 0.2) is 0 Å². The third kappa shape index (κ3) is 46400. The first-order valence-electron chi connectivity index (χ1n) is 2.41. The van der Waals surface area contributed by atoms with Crippen LogP contribution in [0.1, 0.15) is 27.7 Å². The van der Waals surface area contributed by atoms with E-state index in [0.29, 0.717) is 0 Å². The zero-order valence-electron chi connectivity index (χ0n) is 6.12. The van der Waals surface area contributed by atoms with E-state index in [9.17, 15) is 9.59 Å². The maximum Gasteiger partial charge on any atom is 0.126 e. The minimum Gasteiger partial charge on any atom is -0.300 e. The van der Waals surface area contributed by atoms with Gasteiger partial charge in [0.05, 0.1) is 0 Å². The summed E-state index contributed by atoms with van der Waals surface area (Å²) < 4.78 is 0. The molecular formula is C6H12AgO2. The fraction of sp³-hybridized carbons (Fsp3) is 0.667. The summed E-state index contributed by atoms with van der Waals surface area (Å²) >= 11 is 0. The fourth-order valence-corrected chi connectivity index (χ4v) is 0. The van der Waals surface area contributed by atoms with E-state index in [2.05, 4.69) is 0 Å². The van der Waals surface area contributed by atoms with E-state index >= 15 is 0 Å². The molecule has 0 atom stereocenters. The number of Topliss-reactive ketones (excluding diaryl/α,β-unsaturated/α-hetero) is 2. The van der Waals surface area contributed by atoms with Crippen molar-refractivity contribution < 1.29 is 32.0 Å². The van der Waals surface area contributed by atoms with Crippen molar-refractivity contribution in [2.24, 2.45) is 0 Å². The third-order valence-electron chi connectivity index (χ3n) is 0. The normalized spacial score (nSPS) is 5.78. The molecule has 0 unspecified atom stereocenters. The Labute approximate surface area is 71.5 Å². The van der Waals surface area contributed by atoms with Gasteiger partial charge in [0.25, 0.3) is 0 Å². The molecule has 0 aliphatic rings. The quantitative estimate of drug-likeness (QED) is 0.579. The molecule has 0 saturated carbocycles. The molecule has 0 aromatic heterocycles. The van der Waals surface area contributed by atoms with E-state index in [1.807, 2.05) is 0 Å². The van der Waals surface area contributed by atoms with Gasteiger partial charge < -0.3 is 9.59 Å². The van der Waals surface area contributed by atoms with Gasteiger partial charge in [0.15, 0.2) is 0 Å². The van der Waals surface area contributed by atoms with Crippen LogP contribution in [0.3, 0.4) is 0 Å². The van der Waals surface area contributed by atoms with Crippen LogP contribution in [0.25, 0.3) is 0 Å². The van der Waals surface area contributed by atoms with Crippen LogP contribution in [0.4, 0.5) is 0 Å². The molecule has 0 fully saturated rings. The van der Waals surface area contributed by atoms with E-state index < -0.39 is 0 Å². The molecule has 0 aliphatic carbocycles. The van der Waals surface area contributed by atoms with Gasteiger partial charge in [-0.05, 0) is 27.7 Å². The van der Waals surface area contributed by atoms with E-state index in [-0.39, 0.29) is 33.9 Å². The van der Waals surface area contributed by atoms with Crippen molar-refractivity contribution in [3.05, 3.63) is 0 Å². The molecule has 0 amide bonds. The standard InChI is InChI=1S/2C3H6O.Ag/c2*1-3(2)4;/h2*1-2H3;. The van der Waals surface area contributed by atoms with Gasteiger partial charge in [-0.25, -0.2) is 0 Å². The average Bonchev–Trinajstić information content (AvgIpc) is 1.25. The second-order valence-corrected chi connectivity index (χ2v) is 1.82. The molecule has 2 nitrogen and oxygen atoms in total. The predicted molar refractivity (Wildman–Crippen MR) is 32.7 cm³/mol. The van der Waals surface area contributed by atoms with E-state index in [4.69, 9.17) is 0 Å². The van der Waals surface area contributed by atoms with Crippen molar-refractivity contribution in [2.75, 3.05) is 0 Å². The topological polar surface area (TPSA) is 34.1 Å². The molecule has 0 saturated heterocycles. The van der Waals surface area contributed by atoms with Gasteiger partial charge in [-0.15, -0.1) is 0 Å². The van der Waals surface area contributed by atoms with Crippen LogP contribution in [-0.4, -0.2) is 11.6 Å². The number of carbonyl (C=O) groups is 2. The van der Waals surface area contributed by atoms with Crippen molar-refractivity contribution in [2.45, 2.75) is 27.7 Å². The van der Waals surface area contributed by atoms with Crippen LogP contribution < -0.4 is 0 Å². The van der Waals surface area contributed by atoms with Crippen LogP contribution in [0, 0.1) is 0 Å². The summed E-state index contributed by atoms with van der Waals surface area (Å²) in [6.07, 6.45) is 0. The van der Waals surface area contributed by atoms with Crippen molar-refractivity contribution in [3.8, 4) is 0 Å². The summed E-state index contributed by atoms with van der Waals surface area (Å²) in [5, 5.41) is 0. The molecule has 0 aromatic carbocycles. The Kier molecular flexibility index (Phi) is 19.5. The second-order valence-electron chi connectivity index (χ2n) is 1.82. The zero-order chi connectivity index (χ0) is 7.15. The van der Waals surface area contributed by atoms with Gasteiger partial charge in [0, 0.05) is 22.4 Å². The number of ketones is 2. The van der Waals surface area contributed by atoms with Gasteiger partial charge in [-0.1, -0.05) is 0 Å². The molecule has 3 heteroatoms. The van der Waals surface area contributed by atoms with Crippen molar-refractivity contribution in [1.82, 2.24) is 0 Å². The average molecular weight is 224 g/mol. The summed E-state index contributed by atoms with van der Waals surface area (Å²) in [6, 6.07) is 0. The fourth-order valence-electron chi connectivity index (χ4n) is 0. The van der Waals surface area contributed by atoms with Gasteiger partial charge in [-0.3, -0.25) is 0 Å². The Morgan fingerprint density at radius 1 is 0.778 bits per heavy atom. The molecule has 59 valence electrons. The van der Waals surface area contributed by atoms with E-state index in [1.54, 1.807) is 0 Å². The molecule has 0 aromatic rings. The SMILES string of the molecule is CC(C)=O.CC(C)=O.[Ag]. The maximum absolute atomic E-state index is 9.44. The first-order valence-corrected chi connectivity index (χ1v) is 2.41. The minimum atomic E-state index is 0. The Morgan fingerprint density at radius 2 is 0.778 bits per heavy atom. The van der Waals surface area contributed by atoms with Crippen molar-refractivity contribution in [1.29, 1.82) is 0 Å². The number of rotatable bonds is 0. The monoisotopic (exact) mass is 223 g/mol. The van der Waals surface area contributed by atoms with Gasteiger partial charge in [-0.2, -0.15) is 0 Å². The summed E-state index contributed by atoms with van der Waals surface area (Å²) in [5.74, 6) is 0.333. The molecule has 1 radical (unpaired) electrons. The summed E-state index contributed by atoms with van der Waals surface area (Å²) in [7, 11) is 0. The van der Waals surface area contributed by atoms with Crippen molar-refractivity contribution >= 4 is 11.6 Å². The Bertz CT molecular complexity index is 69.1.